The maximum absolute atomic E-state index is 11.7. The van der Waals surface area contributed by atoms with E-state index in [-0.39, 0.29) is 22.8 Å². The predicted molar refractivity (Wildman–Crippen MR) is 134 cm³/mol. The van der Waals surface area contributed by atoms with E-state index in [0.29, 0.717) is 42.9 Å². The average molecular weight is 513 g/mol. The first-order valence-corrected chi connectivity index (χ1v) is 13.8. The van der Waals surface area contributed by atoms with Crippen LogP contribution in [0, 0.1) is 0 Å². The van der Waals surface area contributed by atoms with Crippen molar-refractivity contribution in [3.05, 3.63) is 23.3 Å². The molecule has 1 unspecified atom stereocenters. The largest absolute Gasteiger partial charge is 0.507 e. The SMILES string of the molecule is CCCc1c(OCCCSc2nnc(SC(C)CCC(=O)OCC)s2)ccc(C(C)=O)c1O. The van der Waals surface area contributed by atoms with Crippen LogP contribution in [0.3, 0.4) is 0 Å². The number of carbonyl (C=O) groups excluding carboxylic acids is 2. The summed E-state index contributed by atoms with van der Waals surface area (Å²) in [5.74, 6) is 1.18. The molecule has 7 nitrogen and oxygen atoms in total. The minimum atomic E-state index is -0.160. The molecule has 0 amide bonds. The highest BCUT2D eigenvalue weighted by Crippen LogP contribution is 2.34. The zero-order valence-corrected chi connectivity index (χ0v) is 22.0. The third-order valence-electron chi connectivity index (χ3n) is 4.64. The number of Topliss-reactive ketones (excluding diaryl/α,β-unsaturated/α-hetero) is 1. The third kappa shape index (κ3) is 9.17. The van der Waals surface area contributed by atoms with Gasteiger partial charge < -0.3 is 14.6 Å². The lowest BCUT2D eigenvalue weighted by Crippen LogP contribution is -2.07. The van der Waals surface area contributed by atoms with Gasteiger partial charge in [-0.15, -0.1) is 10.2 Å². The van der Waals surface area contributed by atoms with Gasteiger partial charge in [-0.25, -0.2) is 0 Å². The lowest BCUT2D eigenvalue weighted by Gasteiger charge is -2.14. The summed E-state index contributed by atoms with van der Waals surface area (Å²) in [4.78, 5) is 23.2. The van der Waals surface area contributed by atoms with E-state index in [4.69, 9.17) is 9.47 Å². The summed E-state index contributed by atoms with van der Waals surface area (Å²) in [5.41, 5.74) is 1.03. The number of hydrogen-bond acceptors (Lipinski definition) is 10. The Morgan fingerprint density at radius 2 is 1.97 bits per heavy atom. The number of aromatic nitrogens is 2. The molecule has 0 saturated carbocycles. The van der Waals surface area contributed by atoms with Gasteiger partial charge in [0, 0.05) is 23.0 Å². The second-order valence-corrected chi connectivity index (χ2v) is 11.4. The monoisotopic (exact) mass is 512 g/mol. The number of thioether (sulfide) groups is 2. The molecular weight excluding hydrogens is 480 g/mol. The Balaban J connectivity index is 1.75. The number of carbonyl (C=O) groups is 2. The number of phenolic OH excluding ortho intramolecular Hbond substituents is 1. The first-order valence-electron chi connectivity index (χ1n) is 11.1. The van der Waals surface area contributed by atoms with Crippen LogP contribution in [-0.2, 0) is 16.0 Å². The molecule has 1 N–H and O–H groups in total. The molecule has 2 aromatic rings. The minimum absolute atomic E-state index is 0.0339. The van der Waals surface area contributed by atoms with Crippen molar-refractivity contribution in [3.8, 4) is 11.5 Å². The van der Waals surface area contributed by atoms with Crippen molar-refractivity contribution in [3.63, 3.8) is 0 Å². The average Bonchev–Trinajstić information content (AvgIpc) is 3.21. The summed E-state index contributed by atoms with van der Waals surface area (Å²) in [6, 6.07) is 3.39. The number of phenols is 1. The number of aromatic hydroxyl groups is 1. The van der Waals surface area contributed by atoms with Gasteiger partial charge in [0.25, 0.3) is 0 Å². The number of ketones is 1. The van der Waals surface area contributed by atoms with Crippen LogP contribution < -0.4 is 4.74 Å². The normalized spacial score (nSPS) is 11.9. The van der Waals surface area contributed by atoms with Crippen molar-refractivity contribution in [2.24, 2.45) is 0 Å². The van der Waals surface area contributed by atoms with E-state index in [1.807, 2.05) is 13.8 Å². The molecule has 1 atom stereocenters. The van der Waals surface area contributed by atoms with Gasteiger partial charge >= 0.3 is 5.97 Å². The van der Waals surface area contributed by atoms with E-state index < -0.39 is 0 Å². The topological polar surface area (TPSA) is 98.6 Å². The number of nitrogens with zero attached hydrogens (tertiary/aromatic N) is 2. The molecule has 1 aromatic heterocycles. The van der Waals surface area contributed by atoms with Gasteiger partial charge in [0.1, 0.15) is 11.5 Å². The quantitative estimate of drug-likeness (QED) is 0.138. The Hall–Kier alpha value is -1.78. The molecule has 1 heterocycles. The van der Waals surface area contributed by atoms with Crippen LogP contribution in [0.15, 0.2) is 20.8 Å². The summed E-state index contributed by atoms with van der Waals surface area (Å²) in [6.07, 6.45) is 3.47. The van der Waals surface area contributed by atoms with Gasteiger partial charge in [-0.05, 0) is 45.2 Å². The Morgan fingerprint density at radius 3 is 2.67 bits per heavy atom. The van der Waals surface area contributed by atoms with E-state index >= 15 is 0 Å². The van der Waals surface area contributed by atoms with Crippen molar-refractivity contribution in [2.45, 2.75) is 73.7 Å². The molecule has 182 valence electrons. The van der Waals surface area contributed by atoms with Crippen LogP contribution in [0.1, 0.15) is 69.3 Å². The number of esters is 1. The number of ether oxygens (including phenoxy) is 2. The molecule has 0 fully saturated rings. The Kier molecular flexibility index (Phi) is 12.0. The molecule has 0 radical (unpaired) electrons. The molecule has 0 bridgehead atoms. The van der Waals surface area contributed by atoms with E-state index in [9.17, 15) is 14.7 Å². The van der Waals surface area contributed by atoms with Crippen LogP contribution in [0.2, 0.25) is 0 Å². The van der Waals surface area contributed by atoms with Crippen LogP contribution in [0.5, 0.6) is 11.5 Å². The number of hydrogen-bond donors (Lipinski definition) is 1. The second-order valence-electron chi connectivity index (χ2n) is 7.40. The van der Waals surface area contributed by atoms with Crippen LogP contribution in [0.4, 0.5) is 0 Å². The van der Waals surface area contributed by atoms with Gasteiger partial charge in [0.15, 0.2) is 14.5 Å². The maximum Gasteiger partial charge on any atom is 0.305 e. The Labute approximate surface area is 208 Å². The van der Waals surface area contributed by atoms with Crippen molar-refractivity contribution in [2.75, 3.05) is 19.0 Å². The highest BCUT2D eigenvalue weighted by Gasteiger charge is 2.16. The highest BCUT2D eigenvalue weighted by atomic mass is 32.2. The Bertz CT molecular complexity index is 919. The molecular formula is C23H32N2O5S3. The molecule has 0 saturated heterocycles. The van der Waals surface area contributed by atoms with E-state index in [1.54, 1.807) is 47.0 Å². The van der Waals surface area contributed by atoms with Crippen LogP contribution >= 0.6 is 34.9 Å². The molecule has 1 aromatic carbocycles. The lowest BCUT2D eigenvalue weighted by molar-refractivity contribution is -0.143. The van der Waals surface area contributed by atoms with Crippen molar-refractivity contribution in [1.82, 2.24) is 10.2 Å². The first kappa shape index (κ1) is 27.5. The van der Waals surface area contributed by atoms with Crippen molar-refractivity contribution >= 4 is 46.6 Å². The highest BCUT2D eigenvalue weighted by molar-refractivity contribution is 8.03. The summed E-state index contributed by atoms with van der Waals surface area (Å²) in [7, 11) is 0. The molecule has 0 spiro atoms. The van der Waals surface area contributed by atoms with Crippen molar-refractivity contribution < 1.29 is 24.2 Å². The second kappa shape index (κ2) is 14.5. The van der Waals surface area contributed by atoms with Crippen molar-refractivity contribution in [1.29, 1.82) is 0 Å². The molecule has 33 heavy (non-hydrogen) atoms. The predicted octanol–water partition coefficient (Wildman–Crippen LogP) is 5.78. The number of rotatable bonds is 15. The molecule has 0 aliphatic heterocycles. The number of benzene rings is 1. The van der Waals surface area contributed by atoms with Crippen LogP contribution in [0.25, 0.3) is 0 Å². The summed E-state index contributed by atoms with van der Waals surface area (Å²) < 4.78 is 12.7. The van der Waals surface area contributed by atoms with Gasteiger partial charge in [-0.2, -0.15) is 0 Å². The summed E-state index contributed by atoms with van der Waals surface area (Å²) >= 11 is 4.82. The molecule has 0 aliphatic carbocycles. The van der Waals surface area contributed by atoms with Gasteiger partial charge in [0.2, 0.25) is 0 Å². The zero-order chi connectivity index (χ0) is 24.2. The maximum atomic E-state index is 11.7. The third-order valence-corrected chi connectivity index (χ3v) is 8.04. The fourth-order valence-electron chi connectivity index (χ4n) is 3.02. The minimum Gasteiger partial charge on any atom is -0.507 e. The molecule has 10 heteroatoms. The molecule has 0 aliphatic rings. The molecule has 2 rings (SSSR count). The van der Waals surface area contributed by atoms with Gasteiger partial charge in [0.05, 0.1) is 18.8 Å². The van der Waals surface area contributed by atoms with E-state index in [0.717, 1.165) is 33.7 Å². The first-order chi connectivity index (χ1) is 15.8. The van der Waals surface area contributed by atoms with E-state index in [2.05, 4.69) is 17.1 Å². The fourth-order valence-corrected chi connectivity index (χ4v) is 6.34. The van der Waals surface area contributed by atoms with E-state index in [1.165, 1.54) is 6.92 Å². The lowest BCUT2D eigenvalue weighted by atomic mass is 10.0. The smallest absolute Gasteiger partial charge is 0.305 e. The van der Waals surface area contributed by atoms with Gasteiger partial charge in [-0.3, -0.25) is 9.59 Å². The zero-order valence-electron chi connectivity index (χ0n) is 19.6. The Morgan fingerprint density at radius 1 is 1.21 bits per heavy atom. The van der Waals surface area contributed by atoms with Crippen LogP contribution in [-0.4, -0.2) is 51.3 Å². The van der Waals surface area contributed by atoms with Gasteiger partial charge in [-0.1, -0.05) is 55.1 Å². The summed E-state index contributed by atoms with van der Waals surface area (Å²) in [6.45, 7) is 8.28. The standard InChI is InChI=1S/C23H32N2O5S3/c1-5-8-18-19(11-10-17(16(4)26)21(18)28)30-13-7-14-31-22-24-25-23(33-22)32-15(3)9-12-20(27)29-6-2/h10-11,15,28H,5-9,12-14H2,1-4H3. The fraction of sp³-hybridized carbons (Fsp3) is 0.565. The summed E-state index contributed by atoms with van der Waals surface area (Å²) in [5, 5.41) is 19.2.